The number of benzene rings is 1. The minimum atomic E-state index is -5.08. The van der Waals surface area contributed by atoms with Crippen LogP contribution in [0, 0.1) is 12.7 Å². The van der Waals surface area contributed by atoms with Crippen LogP contribution in [0.1, 0.15) is 21.6 Å². The van der Waals surface area contributed by atoms with Crippen LogP contribution in [0.3, 0.4) is 0 Å². The van der Waals surface area contributed by atoms with Crippen molar-refractivity contribution < 1.29 is 27.5 Å². The van der Waals surface area contributed by atoms with Crippen LogP contribution >= 0.6 is 0 Å². The van der Waals surface area contributed by atoms with Crippen molar-refractivity contribution in [3.8, 4) is 11.3 Å². The number of carboxylic acids is 1. The molecule has 0 saturated carbocycles. The maximum atomic E-state index is 13.7. The zero-order chi connectivity index (χ0) is 18.5. The molecule has 0 radical (unpaired) electrons. The van der Waals surface area contributed by atoms with Crippen LogP contribution in [0.25, 0.3) is 16.8 Å². The molecule has 0 aliphatic heterocycles. The molecular formula is C15H9F4N3O3. The van der Waals surface area contributed by atoms with Crippen molar-refractivity contribution in [2.75, 3.05) is 0 Å². The smallest absolute Gasteiger partial charge is 0.421 e. The zero-order valence-electron chi connectivity index (χ0n) is 12.5. The molecule has 0 unspecified atom stereocenters. The number of H-pyrrole nitrogens is 1. The van der Waals surface area contributed by atoms with E-state index in [1.807, 2.05) is 0 Å². The molecule has 0 amide bonds. The number of aromatic nitrogens is 3. The lowest BCUT2D eigenvalue weighted by atomic mass is 10.1. The molecule has 0 fully saturated rings. The van der Waals surface area contributed by atoms with Crippen LogP contribution in [0.15, 0.2) is 29.2 Å². The largest absolute Gasteiger partial charge is 0.476 e. The van der Waals surface area contributed by atoms with Crippen LogP contribution in [-0.4, -0.2) is 25.7 Å². The molecular weight excluding hydrogens is 346 g/mol. The summed E-state index contributed by atoms with van der Waals surface area (Å²) >= 11 is 0. The first kappa shape index (κ1) is 16.7. The maximum absolute atomic E-state index is 13.7. The first-order chi connectivity index (χ1) is 11.6. The van der Waals surface area contributed by atoms with Gasteiger partial charge in [-0.3, -0.25) is 4.79 Å². The second-order valence-electron chi connectivity index (χ2n) is 5.28. The van der Waals surface area contributed by atoms with E-state index in [9.17, 15) is 27.2 Å². The Morgan fingerprint density at radius 2 is 2.00 bits per heavy atom. The topological polar surface area (TPSA) is 87.5 Å². The molecule has 6 nitrogen and oxygen atoms in total. The number of nitrogens with one attached hydrogen (secondary N) is 1. The highest BCUT2D eigenvalue weighted by Gasteiger charge is 2.41. The summed E-state index contributed by atoms with van der Waals surface area (Å²) in [5, 5.41) is 12.3. The Hall–Kier alpha value is -3.17. The van der Waals surface area contributed by atoms with E-state index in [2.05, 4.69) is 10.1 Å². The van der Waals surface area contributed by atoms with Gasteiger partial charge in [-0.1, -0.05) is 12.1 Å². The number of carbonyl (C=O) groups is 1. The number of aromatic amines is 1. The van der Waals surface area contributed by atoms with E-state index >= 15 is 0 Å². The van der Waals surface area contributed by atoms with Gasteiger partial charge in [-0.2, -0.15) is 18.3 Å². The van der Waals surface area contributed by atoms with Gasteiger partial charge in [-0.15, -0.1) is 0 Å². The Kier molecular flexibility index (Phi) is 3.62. The number of nitrogens with zero attached hydrogens (tertiary/aromatic N) is 2. The van der Waals surface area contributed by atoms with Crippen LogP contribution in [0.5, 0.6) is 0 Å². The van der Waals surface area contributed by atoms with Crippen LogP contribution < -0.4 is 5.56 Å². The summed E-state index contributed by atoms with van der Waals surface area (Å²) < 4.78 is 53.7. The molecule has 3 aromatic rings. The van der Waals surface area contributed by atoms with Crippen molar-refractivity contribution in [3.05, 3.63) is 57.4 Å². The number of halogens is 4. The van der Waals surface area contributed by atoms with Crippen molar-refractivity contribution >= 4 is 11.5 Å². The van der Waals surface area contributed by atoms with Crippen molar-refractivity contribution in [1.29, 1.82) is 0 Å². The fourth-order valence-corrected chi connectivity index (χ4v) is 2.41. The number of hydrogen-bond acceptors (Lipinski definition) is 3. The lowest BCUT2D eigenvalue weighted by Crippen LogP contribution is -2.17. The highest BCUT2D eigenvalue weighted by molar-refractivity contribution is 5.90. The first-order valence-electron chi connectivity index (χ1n) is 6.82. The van der Waals surface area contributed by atoms with Crippen LogP contribution in [0.2, 0.25) is 0 Å². The third kappa shape index (κ3) is 2.75. The number of carboxylic acid groups (broad SMARTS) is 1. The number of rotatable bonds is 2. The lowest BCUT2D eigenvalue weighted by Gasteiger charge is -2.06. The Morgan fingerprint density at radius 3 is 2.56 bits per heavy atom. The maximum Gasteiger partial charge on any atom is 0.421 e. The van der Waals surface area contributed by atoms with Crippen molar-refractivity contribution in [2.45, 2.75) is 13.1 Å². The van der Waals surface area contributed by atoms with Crippen LogP contribution in [-0.2, 0) is 6.18 Å². The summed E-state index contributed by atoms with van der Waals surface area (Å²) in [6.07, 6.45) is -4.08. The first-order valence-corrected chi connectivity index (χ1v) is 6.82. The predicted octanol–water partition coefficient (Wildman–Crippen LogP) is 2.85. The molecule has 0 saturated heterocycles. The summed E-state index contributed by atoms with van der Waals surface area (Å²) in [6.45, 7) is 1.52. The fourth-order valence-electron chi connectivity index (χ4n) is 2.41. The summed E-state index contributed by atoms with van der Waals surface area (Å²) in [7, 11) is 0. The molecule has 0 atom stereocenters. The SMILES string of the molecule is Cc1ccc(-c2cn3nc(C(=O)O)c(C(F)(F)F)c3c(=O)[nH]2)cc1F. The Bertz CT molecular complexity index is 1070. The molecule has 2 heterocycles. The van der Waals surface area contributed by atoms with Gasteiger partial charge in [0.25, 0.3) is 5.56 Å². The molecule has 2 N–H and O–H groups in total. The predicted molar refractivity (Wildman–Crippen MR) is 77.9 cm³/mol. The normalized spacial score (nSPS) is 11.9. The minimum absolute atomic E-state index is 0.00966. The van der Waals surface area contributed by atoms with Crippen LogP contribution in [0.4, 0.5) is 17.6 Å². The van der Waals surface area contributed by atoms with E-state index in [0.29, 0.717) is 10.1 Å². The quantitative estimate of drug-likeness (QED) is 0.692. The van der Waals surface area contributed by atoms with E-state index < -0.39 is 40.3 Å². The molecule has 10 heteroatoms. The molecule has 3 rings (SSSR count). The number of hydrogen-bond donors (Lipinski definition) is 2. The average Bonchev–Trinajstić information content (AvgIpc) is 2.90. The Labute approximate surface area is 136 Å². The zero-order valence-corrected chi connectivity index (χ0v) is 12.5. The molecule has 2 aromatic heterocycles. The second kappa shape index (κ2) is 5.43. The minimum Gasteiger partial charge on any atom is -0.476 e. The average molecular weight is 355 g/mol. The van der Waals surface area contributed by atoms with Crippen molar-refractivity contribution in [3.63, 3.8) is 0 Å². The van der Waals surface area contributed by atoms with E-state index in [-0.39, 0.29) is 11.3 Å². The van der Waals surface area contributed by atoms with Gasteiger partial charge in [0, 0.05) is 5.56 Å². The summed E-state index contributed by atoms with van der Waals surface area (Å²) in [5.74, 6) is -2.49. The van der Waals surface area contributed by atoms with Gasteiger partial charge in [0.05, 0.1) is 11.9 Å². The van der Waals surface area contributed by atoms with Gasteiger partial charge in [-0.05, 0) is 18.6 Å². The molecule has 0 aliphatic rings. The van der Waals surface area contributed by atoms with Gasteiger partial charge < -0.3 is 10.1 Å². The Balaban J connectivity index is 2.33. The highest BCUT2D eigenvalue weighted by Crippen LogP contribution is 2.34. The Morgan fingerprint density at radius 1 is 1.32 bits per heavy atom. The molecule has 25 heavy (non-hydrogen) atoms. The third-order valence-electron chi connectivity index (χ3n) is 3.59. The summed E-state index contributed by atoms with van der Waals surface area (Å²) in [5.41, 5.74) is -4.52. The van der Waals surface area contributed by atoms with Gasteiger partial charge in [0.15, 0.2) is 5.69 Å². The number of aryl methyl sites for hydroxylation is 1. The van der Waals surface area contributed by atoms with E-state index in [1.165, 1.54) is 19.1 Å². The van der Waals surface area contributed by atoms with Crippen molar-refractivity contribution in [1.82, 2.24) is 14.6 Å². The fraction of sp³-hybridized carbons (Fsp3) is 0.133. The summed E-state index contributed by atoms with van der Waals surface area (Å²) in [6, 6.07) is 3.99. The highest BCUT2D eigenvalue weighted by atomic mass is 19.4. The van der Waals surface area contributed by atoms with Gasteiger partial charge in [0.2, 0.25) is 0 Å². The van der Waals surface area contributed by atoms with Crippen molar-refractivity contribution in [2.24, 2.45) is 0 Å². The van der Waals surface area contributed by atoms with E-state index in [1.54, 1.807) is 0 Å². The van der Waals surface area contributed by atoms with Gasteiger partial charge in [-0.25, -0.2) is 13.7 Å². The van der Waals surface area contributed by atoms with E-state index in [4.69, 9.17) is 5.11 Å². The number of alkyl halides is 3. The van der Waals surface area contributed by atoms with Gasteiger partial charge in [0.1, 0.15) is 16.9 Å². The van der Waals surface area contributed by atoms with Gasteiger partial charge >= 0.3 is 12.1 Å². The molecule has 0 aliphatic carbocycles. The second-order valence-corrected chi connectivity index (χ2v) is 5.28. The van der Waals surface area contributed by atoms with E-state index in [0.717, 1.165) is 12.3 Å². The lowest BCUT2D eigenvalue weighted by molar-refractivity contribution is -0.136. The molecule has 0 bridgehead atoms. The summed E-state index contributed by atoms with van der Waals surface area (Å²) in [4.78, 5) is 25.4. The standard InChI is InChI=1S/C15H9F4N3O3/c1-6-2-3-7(4-8(6)16)9-5-22-12(13(23)20-9)10(15(17,18)19)11(21-22)14(24)25/h2-5H,1H3,(H,20,23)(H,24,25). The monoisotopic (exact) mass is 355 g/mol. The number of fused-ring (bicyclic) bond motifs is 1. The third-order valence-corrected chi connectivity index (χ3v) is 3.59. The molecule has 130 valence electrons. The molecule has 1 aromatic carbocycles. The molecule has 0 spiro atoms. The number of aromatic carboxylic acids is 1.